The molecule has 116 valence electrons. The molecule has 0 saturated carbocycles. The van der Waals surface area contributed by atoms with Crippen molar-refractivity contribution >= 4 is 50.9 Å². The highest BCUT2D eigenvalue weighted by Gasteiger charge is 2.11. The number of aryl methyl sites for hydroxylation is 1. The largest absolute Gasteiger partial charge is 0.357 e. The van der Waals surface area contributed by atoms with Gasteiger partial charge in [-0.15, -0.1) is 11.8 Å². The van der Waals surface area contributed by atoms with E-state index in [2.05, 4.69) is 32.1 Å². The monoisotopic (exact) mass is 389 g/mol. The summed E-state index contributed by atoms with van der Waals surface area (Å²) in [5.41, 5.74) is 6.28. The number of hydrogen-bond acceptors (Lipinski definition) is 3. The summed E-state index contributed by atoms with van der Waals surface area (Å²) in [4.78, 5) is 12.9. The summed E-state index contributed by atoms with van der Waals surface area (Å²) in [5, 5.41) is 3.46. The fourth-order valence-corrected chi connectivity index (χ4v) is 3.09. The minimum Gasteiger partial charge on any atom is -0.357 e. The van der Waals surface area contributed by atoms with Crippen LogP contribution in [0.4, 0.5) is 0 Å². The third kappa shape index (κ3) is 7.68. The van der Waals surface area contributed by atoms with Crippen molar-refractivity contribution in [1.29, 1.82) is 0 Å². The van der Waals surface area contributed by atoms with Gasteiger partial charge in [0, 0.05) is 14.9 Å². The zero-order valence-corrected chi connectivity index (χ0v) is 15.8. The van der Waals surface area contributed by atoms with Gasteiger partial charge in [0.2, 0.25) is 5.91 Å². The molecule has 7 heteroatoms. The van der Waals surface area contributed by atoms with Crippen LogP contribution in [0.3, 0.4) is 0 Å². The number of carbonyl (C=O) groups excluding carboxylic acids is 1. The van der Waals surface area contributed by atoms with Gasteiger partial charge >= 0.3 is 0 Å². The van der Waals surface area contributed by atoms with Gasteiger partial charge in [-0.3, -0.25) is 15.6 Å². The maximum atomic E-state index is 11.8. The standard InChI is InChI=1S/C14H20BrN3OS2/c1-9-7-10(15)5-6-11(9)21-8-12(19)17-18-13(20)16-14(2,3)4/h5-7H,8H2,1-4H3,(H,17,19)(H2,16,18,20). The van der Waals surface area contributed by atoms with Crippen LogP contribution in [0.2, 0.25) is 0 Å². The van der Waals surface area contributed by atoms with Gasteiger partial charge in [-0.05, 0) is 63.7 Å². The number of benzene rings is 1. The van der Waals surface area contributed by atoms with E-state index in [1.807, 2.05) is 45.9 Å². The second kappa shape index (κ2) is 8.00. The molecular weight excluding hydrogens is 370 g/mol. The summed E-state index contributed by atoms with van der Waals surface area (Å²) in [6, 6.07) is 5.99. The Hall–Kier alpha value is -0.790. The molecule has 0 aromatic heterocycles. The average molecular weight is 390 g/mol. The SMILES string of the molecule is Cc1cc(Br)ccc1SCC(=O)NNC(=S)NC(C)(C)C. The number of thiocarbonyl (C=S) groups is 1. The van der Waals surface area contributed by atoms with E-state index in [9.17, 15) is 4.79 Å². The van der Waals surface area contributed by atoms with E-state index in [4.69, 9.17) is 12.2 Å². The van der Waals surface area contributed by atoms with Crippen molar-refractivity contribution < 1.29 is 4.79 Å². The third-order valence-electron chi connectivity index (χ3n) is 2.30. The topological polar surface area (TPSA) is 53.2 Å². The van der Waals surface area contributed by atoms with Crippen LogP contribution in [0.1, 0.15) is 26.3 Å². The van der Waals surface area contributed by atoms with Crippen molar-refractivity contribution in [3.63, 3.8) is 0 Å². The maximum absolute atomic E-state index is 11.8. The number of carbonyl (C=O) groups is 1. The molecule has 0 radical (unpaired) electrons. The number of hydrazine groups is 1. The normalized spacial score (nSPS) is 10.9. The average Bonchev–Trinajstić information content (AvgIpc) is 2.33. The Morgan fingerprint density at radius 1 is 1.33 bits per heavy atom. The zero-order chi connectivity index (χ0) is 16.0. The van der Waals surface area contributed by atoms with Gasteiger partial charge in [-0.2, -0.15) is 0 Å². The summed E-state index contributed by atoms with van der Waals surface area (Å²) < 4.78 is 1.04. The number of hydrogen-bond donors (Lipinski definition) is 3. The molecule has 1 rings (SSSR count). The van der Waals surface area contributed by atoms with Crippen molar-refractivity contribution in [3.8, 4) is 0 Å². The van der Waals surface area contributed by atoms with Crippen LogP contribution >= 0.6 is 39.9 Å². The van der Waals surface area contributed by atoms with Crippen molar-refractivity contribution in [2.75, 3.05) is 5.75 Å². The van der Waals surface area contributed by atoms with Crippen LogP contribution in [0.15, 0.2) is 27.6 Å². The Bertz CT molecular complexity index is 529. The second-order valence-electron chi connectivity index (χ2n) is 5.58. The first-order valence-electron chi connectivity index (χ1n) is 6.43. The van der Waals surface area contributed by atoms with E-state index in [1.54, 1.807) is 0 Å². The second-order valence-corrected chi connectivity index (χ2v) is 7.92. The van der Waals surface area contributed by atoms with E-state index >= 15 is 0 Å². The molecule has 21 heavy (non-hydrogen) atoms. The Balaban J connectivity index is 2.36. The molecule has 1 aromatic rings. The number of nitrogens with one attached hydrogen (secondary N) is 3. The Labute approximate surface area is 143 Å². The molecule has 1 aromatic carbocycles. The smallest absolute Gasteiger partial charge is 0.248 e. The van der Waals surface area contributed by atoms with E-state index in [1.165, 1.54) is 11.8 Å². The molecule has 0 aliphatic heterocycles. The lowest BCUT2D eigenvalue weighted by Crippen LogP contribution is -2.52. The van der Waals surface area contributed by atoms with Crippen LogP contribution in [-0.2, 0) is 4.79 Å². The van der Waals surface area contributed by atoms with Crippen molar-refractivity contribution in [2.24, 2.45) is 0 Å². The molecule has 0 aliphatic carbocycles. The van der Waals surface area contributed by atoms with Crippen LogP contribution in [0, 0.1) is 6.92 Å². The maximum Gasteiger partial charge on any atom is 0.248 e. The van der Waals surface area contributed by atoms with Crippen LogP contribution < -0.4 is 16.2 Å². The molecule has 0 spiro atoms. The van der Waals surface area contributed by atoms with E-state index < -0.39 is 0 Å². The molecule has 0 atom stereocenters. The van der Waals surface area contributed by atoms with Crippen LogP contribution in [-0.4, -0.2) is 22.3 Å². The van der Waals surface area contributed by atoms with Gasteiger partial charge in [0.05, 0.1) is 5.75 Å². The summed E-state index contributed by atoms with van der Waals surface area (Å²) in [7, 11) is 0. The predicted molar refractivity (Wildman–Crippen MR) is 96.4 cm³/mol. The van der Waals surface area contributed by atoms with E-state index in [0.717, 1.165) is 14.9 Å². The van der Waals surface area contributed by atoms with Crippen molar-refractivity contribution in [1.82, 2.24) is 16.2 Å². The van der Waals surface area contributed by atoms with Gasteiger partial charge in [0.1, 0.15) is 0 Å². The van der Waals surface area contributed by atoms with Crippen molar-refractivity contribution in [3.05, 3.63) is 28.2 Å². The highest BCUT2D eigenvalue weighted by atomic mass is 79.9. The molecule has 0 saturated heterocycles. The lowest BCUT2D eigenvalue weighted by atomic mass is 10.1. The van der Waals surface area contributed by atoms with Crippen LogP contribution in [0.5, 0.6) is 0 Å². The molecule has 3 N–H and O–H groups in total. The van der Waals surface area contributed by atoms with Gasteiger partial charge in [0.15, 0.2) is 5.11 Å². The summed E-state index contributed by atoms with van der Waals surface area (Å²) in [6.07, 6.45) is 0. The Morgan fingerprint density at radius 3 is 2.57 bits per heavy atom. The molecule has 0 heterocycles. The molecule has 0 bridgehead atoms. The highest BCUT2D eigenvalue weighted by molar-refractivity contribution is 9.10. The summed E-state index contributed by atoms with van der Waals surface area (Å²) >= 11 is 10.00. The van der Waals surface area contributed by atoms with Gasteiger partial charge in [-0.25, -0.2) is 0 Å². The van der Waals surface area contributed by atoms with Gasteiger partial charge in [-0.1, -0.05) is 15.9 Å². The van der Waals surface area contributed by atoms with Gasteiger partial charge in [0.25, 0.3) is 0 Å². The fourth-order valence-electron chi connectivity index (χ4n) is 1.45. The first-order valence-corrected chi connectivity index (χ1v) is 8.62. The highest BCUT2D eigenvalue weighted by Crippen LogP contribution is 2.24. The molecular formula is C14H20BrN3OS2. The number of halogens is 1. The first-order chi connectivity index (χ1) is 9.67. The lowest BCUT2D eigenvalue weighted by molar-refractivity contribution is -0.119. The first kappa shape index (κ1) is 18.3. The Kier molecular flexibility index (Phi) is 6.96. The van der Waals surface area contributed by atoms with E-state index in [0.29, 0.717) is 10.9 Å². The fraction of sp³-hybridized carbons (Fsp3) is 0.429. The molecule has 1 amide bonds. The van der Waals surface area contributed by atoms with E-state index in [-0.39, 0.29) is 11.4 Å². The van der Waals surface area contributed by atoms with Crippen LogP contribution in [0.25, 0.3) is 0 Å². The lowest BCUT2D eigenvalue weighted by Gasteiger charge is -2.23. The minimum atomic E-state index is -0.141. The molecule has 0 aliphatic rings. The molecule has 0 fully saturated rings. The Morgan fingerprint density at radius 2 is 2.00 bits per heavy atom. The number of thioether (sulfide) groups is 1. The number of amides is 1. The minimum absolute atomic E-state index is 0.125. The molecule has 0 unspecified atom stereocenters. The predicted octanol–water partition coefficient (Wildman–Crippen LogP) is 3.14. The number of rotatable bonds is 3. The van der Waals surface area contributed by atoms with Gasteiger partial charge < -0.3 is 5.32 Å². The third-order valence-corrected chi connectivity index (χ3v) is 4.17. The molecule has 4 nitrogen and oxygen atoms in total. The quantitative estimate of drug-likeness (QED) is 0.421. The zero-order valence-electron chi connectivity index (χ0n) is 12.5. The summed E-state index contributed by atoms with van der Waals surface area (Å²) in [6.45, 7) is 8.00. The van der Waals surface area contributed by atoms with Crippen molar-refractivity contribution in [2.45, 2.75) is 38.1 Å². The summed E-state index contributed by atoms with van der Waals surface area (Å²) in [5.74, 6) is 0.202.